The van der Waals surface area contributed by atoms with Crippen molar-refractivity contribution < 1.29 is 8.76 Å². The van der Waals surface area contributed by atoms with Gasteiger partial charge < -0.3 is 10.3 Å². The van der Waals surface area contributed by atoms with Gasteiger partial charge in [0.15, 0.2) is 0 Å². The molecular formula is C15H19N7O2S. The average molecular weight is 361 g/mol. The number of aryl methyl sites for hydroxylation is 1. The Labute approximate surface area is 147 Å². The molecule has 1 atom stereocenters. The van der Waals surface area contributed by atoms with E-state index >= 15 is 0 Å². The quantitative estimate of drug-likeness (QED) is 0.446. The molecule has 3 aromatic rings. The number of nitrogens with one attached hydrogen (secondary N) is 2. The molecule has 132 valence electrons. The van der Waals surface area contributed by atoms with Gasteiger partial charge in [0.05, 0.1) is 5.69 Å². The van der Waals surface area contributed by atoms with Gasteiger partial charge in [-0.25, -0.2) is 9.19 Å². The van der Waals surface area contributed by atoms with Crippen LogP contribution in [0.4, 0.5) is 11.5 Å². The number of hydrazine groups is 1. The highest BCUT2D eigenvalue weighted by molar-refractivity contribution is 7.77. The third kappa shape index (κ3) is 3.76. The molecule has 0 saturated heterocycles. The number of hydrogen-bond acceptors (Lipinski definition) is 6. The second-order valence-electron chi connectivity index (χ2n) is 5.72. The largest absolute Gasteiger partial charge is 0.362 e. The summed E-state index contributed by atoms with van der Waals surface area (Å²) in [5.41, 5.74) is 6.34. The molecule has 1 unspecified atom stereocenters. The Morgan fingerprint density at radius 2 is 2.16 bits per heavy atom. The first-order chi connectivity index (χ1) is 12.0. The number of aromatic nitrogens is 4. The number of nitrogens with zero attached hydrogens (tertiary/aromatic N) is 5. The second kappa shape index (κ2) is 7.13. The van der Waals surface area contributed by atoms with E-state index in [-0.39, 0.29) is 0 Å². The lowest BCUT2D eigenvalue weighted by atomic mass is 10.0. The number of fused-ring (bicyclic) bond motifs is 1. The first kappa shape index (κ1) is 17.3. The maximum absolute atomic E-state index is 10.7. The van der Waals surface area contributed by atoms with E-state index in [4.69, 9.17) is 4.55 Å². The molecule has 3 N–H and O–H groups in total. The van der Waals surface area contributed by atoms with E-state index in [1.807, 2.05) is 50.2 Å². The molecule has 3 rings (SSSR count). The fraction of sp³-hybridized carbons (Fsp3) is 0.267. The summed E-state index contributed by atoms with van der Waals surface area (Å²) in [5, 5.41) is 4.27. The standard InChI is InChI=1S/C15H19N7O2S/c1-10-13(14(21(2)3)22-15(18-10)16-9-17-22)8-11-5-4-6-12(7-11)19-20-25(23)24/h4-7,9,19-20H,8H2,1-3H3,(H,23,24). The second-order valence-corrected chi connectivity index (χ2v) is 6.42. The molecule has 0 bridgehead atoms. The molecule has 0 spiro atoms. The highest BCUT2D eigenvalue weighted by Crippen LogP contribution is 2.25. The van der Waals surface area contributed by atoms with Gasteiger partial charge in [-0.15, -0.1) is 4.83 Å². The van der Waals surface area contributed by atoms with Gasteiger partial charge in [0, 0.05) is 31.8 Å². The highest BCUT2D eigenvalue weighted by Gasteiger charge is 2.16. The molecule has 2 heterocycles. The molecule has 0 aliphatic heterocycles. The van der Waals surface area contributed by atoms with E-state index < -0.39 is 11.3 Å². The van der Waals surface area contributed by atoms with Crippen LogP contribution >= 0.6 is 0 Å². The Kier molecular flexibility index (Phi) is 4.93. The van der Waals surface area contributed by atoms with E-state index in [9.17, 15) is 4.21 Å². The summed E-state index contributed by atoms with van der Waals surface area (Å²) < 4.78 is 21.2. The molecule has 0 saturated carbocycles. The zero-order valence-electron chi connectivity index (χ0n) is 14.1. The molecular weight excluding hydrogens is 342 g/mol. The monoisotopic (exact) mass is 361 g/mol. The molecule has 0 fully saturated rings. The van der Waals surface area contributed by atoms with Gasteiger partial charge in [-0.1, -0.05) is 12.1 Å². The summed E-state index contributed by atoms with van der Waals surface area (Å²) in [6.45, 7) is 1.95. The van der Waals surface area contributed by atoms with E-state index in [1.54, 1.807) is 4.52 Å². The Hall–Kier alpha value is -2.56. The summed E-state index contributed by atoms with van der Waals surface area (Å²) in [4.78, 5) is 12.9. The van der Waals surface area contributed by atoms with Gasteiger partial charge in [0.1, 0.15) is 12.1 Å². The van der Waals surface area contributed by atoms with Crippen LogP contribution < -0.4 is 15.2 Å². The summed E-state index contributed by atoms with van der Waals surface area (Å²) in [5.74, 6) is 1.49. The van der Waals surface area contributed by atoms with Gasteiger partial charge in [-0.3, -0.25) is 4.55 Å². The molecule has 9 nitrogen and oxygen atoms in total. The van der Waals surface area contributed by atoms with Crippen LogP contribution in [0, 0.1) is 6.92 Å². The fourth-order valence-electron chi connectivity index (χ4n) is 2.70. The number of benzene rings is 1. The first-order valence-corrected chi connectivity index (χ1v) is 8.64. The SMILES string of the molecule is Cc1nc2ncnn2c(N(C)C)c1Cc1cccc(NNS(=O)O)c1. The van der Waals surface area contributed by atoms with Crippen molar-refractivity contribution in [1.29, 1.82) is 0 Å². The highest BCUT2D eigenvalue weighted by atomic mass is 32.2. The van der Waals surface area contributed by atoms with E-state index in [2.05, 4.69) is 25.3 Å². The molecule has 10 heteroatoms. The van der Waals surface area contributed by atoms with Gasteiger partial charge in [-0.2, -0.15) is 14.6 Å². The van der Waals surface area contributed by atoms with Crippen LogP contribution in [-0.2, 0) is 17.7 Å². The lowest BCUT2D eigenvalue weighted by Gasteiger charge is -2.20. The van der Waals surface area contributed by atoms with E-state index in [0.717, 1.165) is 22.6 Å². The Balaban J connectivity index is 1.97. The van der Waals surface area contributed by atoms with Crippen LogP contribution in [0.1, 0.15) is 16.8 Å². The minimum absolute atomic E-state index is 0.565. The van der Waals surface area contributed by atoms with Crippen LogP contribution in [0.15, 0.2) is 30.6 Å². The zero-order valence-corrected chi connectivity index (χ0v) is 14.9. The number of rotatable bonds is 6. The van der Waals surface area contributed by atoms with Crippen molar-refractivity contribution in [2.24, 2.45) is 0 Å². The third-order valence-corrected chi connectivity index (χ3v) is 4.00. The predicted molar refractivity (Wildman–Crippen MR) is 96.6 cm³/mol. The van der Waals surface area contributed by atoms with Gasteiger partial charge in [0.2, 0.25) is 11.3 Å². The predicted octanol–water partition coefficient (Wildman–Crippen LogP) is 1.14. The van der Waals surface area contributed by atoms with Crippen LogP contribution in [-0.4, -0.2) is 42.4 Å². The summed E-state index contributed by atoms with van der Waals surface area (Å²) in [7, 11) is 3.91. The van der Waals surface area contributed by atoms with E-state index in [0.29, 0.717) is 17.9 Å². The van der Waals surface area contributed by atoms with Gasteiger partial charge in [-0.05, 0) is 24.6 Å². The Bertz CT molecular complexity index is 925. The van der Waals surface area contributed by atoms with Crippen LogP contribution in [0.2, 0.25) is 0 Å². The zero-order chi connectivity index (χ0) is 18.0. The average Bonchev–Trinajstić information content (AvgIpc) is 3.01. The molecule has 0 amide bonds. The minimum Gasteiger partial charge on any atom is -0.362 e. The maximum Gasteiger partial charge on any atom is 0.254 e. The van der Waals surface area contributed by atoms with Crippen LogP contribution in [0.25, 0.3) is 5.78 Å². The minimum atomic E-state index is -2.13. The normalized spacial score (nSPS) is 12.3. The van der Waals surface area contributed by atoms with Crippen molar-refractivity contribution in [2.75, 3.05) is 24.4 Å². The van der Waals surface area contributed by atoms with Crippen molar-refractivity contribution >= 4 is 28.5 Å². The molecule has 0 aliphatic carbocycles. The lowest BCUT2D eigenvalue weighted by molar-refractivity contribution is 0.555. The molecule has 25 heavy (non-hydrogen) atoms. The summed E-state index contributed by atoms with van der Waals surface area (Å²) >= 11 is -2.13. The lowest BCUT2D eigenvalue weighted by Crippen LogP contribution is -2.23. The van der Waals surface area contributed by atoms with Crippen molar-refractivity contribution in [1.82, 2.24) is 24.4 Å². The Morgan fingerprint density at radius 1 is 1.36 bits per heavy atom. The van der Waals surface area contributed by atoms with E-state index in [1.165, 1.54) is 6.33 Å². The van der Waals surface area contributed by atoms with Crippen molar-refractivity contribution in [2.45, 2.75) is 13.3 Å². The smallest absolute Gasteiger partial charge is 0.254 e. The van der Waals surface area contributed by atoms with Crippen molar-refractivity contribution in [3.63, 3.8) is 0 Å². The van der Waals surface area contributed by atoms with Crippen molar-refractivity contribution in [3.8, 4) is 0 Å². The third-order valence-electron chi connectivity index (χ3n) is 3.72. The van der Waals surface area contributed by atoms with Gasteiger partial charge >= 0.3 is 0 Å². The molecule has 0 aliphatic rings. The van der Waals surface area contributed by atoms with Crippen molar-refractivity contribution in [3.05, 3.63) is 47.4 Å². The van der Waals surface area contributed by atoms with Crippen LogP contribution in [0.5, 0.6) is 0 Å². The van der Waals surface area contributed by atoms with Crippen LogP contribution in [0.3, 0.4) is 0 Å². The molecule has 2 aromatic heterocycles. The Morgan fingerprint density at radius 3 is 2.88 bits per heavy atom. The summed E-state index contributed by atoms with van der Waals surface area (Å²) in [6, 6.07) is 7.59. The first-order valence-electron chi connectivity index (χ1n) is 7.53. The molecule has 0 radical (unpaired) electrons. The molecule has 1 aromatic carbocycles. The maximum atomic E-state index is 10.7. The van der Waals surface area contributed by atoms with Gasteiger partial charge in [0.25, 0.3) is 5.78 Å². The fourth-order valence-corrected chi connectivity index (χ4v) is 2.91. The number of hydrogen-bond donors (Lipinski definition) is 3. The summed E-state index contributed by atoms with van der Waals surface area (Å²) in [6.07, 6.45) is 2.13. The number of anilines is 2. The topological polar surface area (TPSA) is 108 Å².